The van der Waals surface area contributed by atoms with Crippen LogP contribution in [-0.4, -0.2) is 28.2 Å². The van der Waals surface area contributed by atoms with E-state index >= 15 is 0 Å². The summed E-state index contributed by atoms with van der Waals surface area (Å²) >= 11 is 0. The van der Waals surface area contributed by atoms with Gasteiger partial charge in [-0.15, -0.1) is 0 Å². The molecule has 0 unspecified atom stereocenters. The predicted molar refractivity (Wildman–Crippen MR) is 188 cm³/mol. The summed E-state index contributed by atoms with van der Waals surface area (Å²) in [6.07, 6.45) is 0. The molecule has 5 aromatic carbocycles. The standard InChI is InChI=1S/C21H19N3.C17H19N3.BrH.ClH/c1-2-24-20-13-16(23)9-11-18(20)17-10-8-15(22)12-19(17)21(24)14-6-4-3-5-7-14;1-19(2)14-7-5-12-9-13-6-8-15(20(3)4)11-17(13)18-16(12)10-14;;/h3-13,23H,2,22H2,1H3;5-11H,1-4H3;2*1H. The van der Waals surface area contributed by atoms with E-state index in [9.17, 15) is 0 Å². The first-order valence-electron chi connectivity index (χ1n) is 15.0. The highest BCUT2D eigenvalue weighted by atomic mass is 79.9. The van der Waals surface area contributed by atoms with Crippen LogP contribution in [0.25, 0.3) is 54.7 Å². The molecular formula is C38H40BrClN6. The number of nitrogens with two attached hydrogens (primary N) is 2. The largest absolute Gasteiger partial charge is 1.00 e. The number of nitrogens with one attached hydrogen (secondary N) is 1. The van der Waals surface area contributed by atoms with Crippen molar-refractivity contribution in [3.8, 4) is 11.3 Å². The van der Waals surface area contributed by atoms with Gasteiger partial charge in [-0.3, -0.25) is 0 Å². The Morgan fingerprint density at radius 1 is 0.609 bits per heavy atom. The Hall–Kier alpha value is -4.59. The van der Waals surface area contributed by atoms with Gasteiger partial charge in [0, 0.05) is 90.9 Å². The molecule has 0 saturated carbocycles. The predicted octanol–water partition coefficient (Wildman–Crippen LogP) is 1.08. The first-order valence-corrected chi connectivity index (χ1v) is 15.0. The smallest absolute Gasteiger partial charge is 0.220 e. The van der Waals surface area contributed by atoms with Crippen LogP contribution in [0.4, 0.5) is 22.7 Å². The molecule has 0 radical (unpaired) electrons. The number of hydrogen-bond acceptors (Lipinski definition) is 4. The van der Waals surface area contributed by atoms with Gasteiger partial charge < -0.3 is 50.7 Å². The van der Waals surface area contributed by atoms with Crippen molar-refractivity contribution in [2.45, 2.75) is 13.5 Å². The molecule has 0 aliphatic heterocycles. The number of hydrogen-bond donors (Lipinski definition) is 2. The zero-order valence-electron chi connectivity index (χ0n) is 26.9. The Morgan fingerprint density at radius 3 is 1.70 bits per heavy atom. The van der Waals surface area contributed by atoms with Crippen molar-refractivity contribution >= 4 is 66.2 Å². The van der Waals surface area contributed by atoms with Gasteiger partial charge in [0.05, 0.1) is 10.8 Å². The molecule has 8 heteroatoms. The van der Waals surface area contributed by atoms with Gasteiger partial charge in [-0.1, -0.05) is 24.3 Å². The third kappa shape index (κ3) is 6.66. The van der Waals surface area contributed by atoms with Crippen LogP contribution in [0.3, 0.4) is 0 Å². The molecule has 7 rings (SSSR count). The molecule has 0 atom stereocenters. The minimum absolute atomic E-state index is 0. The van der Waals surface area contributed by atoms with Crippen LogP contribution in [0.1, 0.15) is 6.92 Å². The summed E-state index contributed by atoms with van der Waals surface area (Å²) in [6, 6.07) is 38.0. The fourth-order valence-corrected chi connectivity index (χ4v) is 5.92. The van der Waals surface area contributed by atoms with Gasteiger partial charge in [0.15, 0.2) is 0 Å². The van der Waals surface area contributed by atoms with Crippen molar-refractivity contribution < 1.29 is 38.9 Å². The maximum Gasteiger partial charge on any atom is 0.220 e. The summed E-state index contributed by atoms with van der Waals surface area (Å²) in [6.45, 7) is 3.02. The molecule has 0 spiro atoms. The second-order valence-electron chi connectivity index (χ2n) is 11.6. The number of aromatic nitrogens is 2. The molecule has 236 valence electrons. The van der Waals surface area contributed by atoms with Crippen molar-refractivity contribution in [3.63, 3.8) is 0 Å². The number of rotatable bonds is 4. The number of fused-ring (bicyclic) bond motifs is 5. The molecule has 6 nitrogen and oxygen atoms in total. The van der Waals surface area contributed by atoms with E-state index in [-0.39, 0.29) is 29.4 Å². The summed E-state index contributed by atoms with van der Waals surface area (Å²) < 4.78 is 2.32. The topological polar surface area (TPSA) is 76.5 Å². The van der Waals surface area contributed by atoms with Crippen LogP contribution in [0.5, 0.6) is 0 Å². The van der Waals surface area contributed by atoms with E-state index < -0.39 is 0 Å². The number of halogens is 2. The van der Waals surface area contributed by atoms with Crippen LogP contribution in [0.2, 0.25) is 0 Å². The molecule has 46 heavy (non-hydrogen) atoms. The normalized spacial score (nSPS) is 10.6. The van der Waals surface area contributed by atoms with Crippen LogP contribution >= 0.6 is 0 Å². The van der Waals surface area contributed by atoms with E-state index in [1.807, 2.05) is 18.2 Å². The average molecular weight is 696 g/mol. The number of aromatic amines is 1. The van der Waals surface area contributed by atoms with E-state index in [4.69, 9.17) is 11.5 Å². The van der Waals surface area contributed by atoms with Crippen LogP contribution in [0, 0.1) is 0 Å². The van der Waals surface area contributed by atoms with Gasteiger partial charge in [0.25, 0.3) is 0 Å². The van der Waals surface area contributed by atoms with E-state index in [1.165, 1.54) is 60.6 Å². The Labute approximate surface area is 287 Å². The molecular weight excluding hydrogens is 656 g/mol. The first-order chi connectivity index (χ1) is 21.2. The monoisotopic (exact) mass is 694 g/mol. The summed E-state index contributed by atoms with van der Waals surface area (Å²) in [4.78, 5) is 7.78. The fraction of sp³-hybridized carbons (Fsp3) is 0.158. The van der Waals surface area contributed by atoms with E-state index in [0.29, 0.717) is 0 Å². The van der Waals surface area contributed by atoms with Crippen LogP contribution in [-0.2, 0) is 6.54 Å². The molecule has 5 N–H and O–H groups in total. The zero-order chi connectivity index (χ0) is 31.0. The van der Waals surface area contributed by atoms with Crippen molar-refractivity contribution in [1.82, 2.24) is 0 Å². The molecule has 0 bridgehead atoms. The second kappa shape index (κ2) is 14.2. The third-order valence-electron chi connectivity index (χ3n) is 8.22. The van der Waals surface area contributed by atoms with Crippen molar-refractivity contribution in [2.24, 2.45) is 0 Å². The Morgan fingerprint density at radius 2 is 1.15 bits per heavy atom. The lowest BCUT2D eigenvalue weighted by Gasteiger charge is -2.12. The summed E-state index contributed by atoms with van der Waals surface area (Å²) in [7, 11) is 8.25. The van der Waals surface area contributed by atoms with Gasteiger partial charge in [0.1, 0.15) is 6.54 Å². The molecule has 0 amide bonds. The number of aryl methyl sites for hydroxylation is 1. The lowest BCUT2D eigenvalue weighted by molar-refractivity contribution is -0.655. The molecule has 0 fully saturated rings. The number of anilines is 4. The summed E-state index contributed by atoms with van der Waals surface area (Å²) in [5.74, 6) is 0. The maximum absolute atomic E-state index is 6.10. The van der Waals surface area contributed by atoms with Gasteiger partial charge in [-0.2, -0.15) is 4.57 Å². The van der Waals surface area contributed by atoms with E-state index in [0.717, 1.165) is 23.4 Å². The van der Waals surface area contributed by atoms with Gasteiger partial charge in [-0.25, -0.2) is 4.98 Å². The first kappa shape index (κ1) is 34.3. The second-order valence-corrected chi connectivity index (χ2v) is 11.6. The molecule has 0 saturated heterocycles. The van der Waals surface area contributed by atoms with Crippen molar-refractivity contribution in [3.05, 3.63) is 109 Å². The minimum atomic E-state index is 0. The average Bonchev–Trinajstić information content (AvgIpc) is 3.03. The van der Waals surface area contributed by atoms with Gasteiger partial charge in [-0.05, 0) is 73.7 Å². The van der Waals surface area contributed by atoms with Gasteiger partial charge >= 0.3 is 0 Å². The van der Waals surface area contributed by atoms with Crippen LogP contribution < -0.4 is 60.2 Å². The minimum Gasteiger partial charge on any atom is -1.00 e. The van der Waals surface area contributed by atoms with Crippen molar-refractivity contribution in [1.29, 1.82) is 0 Å². The Kier molecular flexibility index (Phi) is 10.6. The third-order valence-corrected chi connectivity index (χ3v) is 8.22. The van der Waals surface area contributed by atoms with E-state index in [2.05, 4.69) is 145 Å². The summed E-state index contributed by atoms with van der Waals surface area (Å²) in [5.41, 5.74) is 22.0. The maximum atomic E-state index is 6.10. The number of benzene rings is 5. The SMILES string of the molecule is CC[n+]1c(-c2ccccc2)c2cc(N)ccc2c2ccc(N)cc21.CN(C)c1ccc2cc3ccc(N(C)C)cc3[nH+]c2c1.[Br-].[Cl-]. The lowest BCUT2D eigenvalue weighted by Crippen LogP contribution is -3.00. The number of H-pyrrole nitrogens is 1. The molecule has 7 aromatic rings. The highest BCUT2D eigenvalue weighted by Crippen LogP contribution is 2.33. The molecule has 2 aromatic heterocycles. The number of nitrogen functional groups attached to an aromatic ring is 2. The highest BCUT2D eigenvalue weighted by Gasteiger charge is 2.22. The highest BCUT2D eigenvalue weighted by molar-refractivity contribution is 6.10. The quantitative estimate of drug-likeness (QED) is 0.125. The zero-order valence-corrected chi connectivity index (χ0v) is 29.2. The lowest BCUT2D eigenvalue weighted by atomic mass is 9.98. The van der Waals surface area contributed by atoms with E-state index in [1.54, 1.807) is 0 Å². The fourth-order valence-electron chi connectivity index (χ4n) is 5.92. The molecule has 2 heterocycles. The summed E-state index contributed by atoms with van der Waals surface area (Å²) in [5, 5.41) is 6.03. The van der Waals surface area contributed by atoms with Gasteiger partial charge in [0.2, 0.25) is 22.2 Å². The Bertz CT molecular complexity index is 2090. The number of pyridine rings is 2. The molecule has 0 aliphatic carbocycles. The number of nitrogens with zero attached hydrogens (tertiary/aromatic N) is 3. The molecule has 0 aliphatic rings. The Balaban J connectivity index is 0.000000203. The van der Waals surface area contributed by atoms with Crippen molar-refractivity contribution in [2.75, 3.05) is 49.5 Å². The van der Waals surface area contributed by atoms with Crippen LogP contribution in [0.15, 0.2) is 109 Å².